The fourth-order valence-electron chi connectivity index (χ4n) is 1.97. The fourth-order valence-corrected chi connectivity index (χ4v) is 1.97. The van der Waals surface area contributed by atoms with Gasteiger partial charge in [-0.1, -0.05) is 6.92 Å². The molecule has 1 aliphatic carbocycles. The summed E-state index contributed by atoms with van der Waals surface area (Å²) in [6.07, 6.45) is 7.10. The van der Waals surface area contributed by atoms with Gasteiger partial charge in [0.2, 0.25) is 5.88 Å². The van der Waals surface area contributed by atoms with E-state index in [4.69, 9.17) is 4.74 Å². The summed E-state index contributed by atoms with van der Waals surface area (Å²) in [5.41, 5.74) is 1.01. The Labute approximate surface area is 96.4 Å². The molecule has 0 spiro atoms. The lowest BCUT2D eigenvalue weighted by molar-refractivity contribution is 0.391. The second-order valence-electron chi connectivity index (χ2n) is 4.26. The molecule has 1 atom stereocenters. The van der Waals surface area contributed by atoms with E-state index in [2.05, 4.69) is 22.2 Å². The van der Waals surface area contributed by atoms with E-state index >= 15 is 0 Å². The first kappa shape index (κ1) is 11.3. The summed E-state index contributed by atoms with van der Waals surface area (Å²) in [6, 6.07) is 0.548. The summed E-state index contributed by atoms with van der Waals surface area (Å²) < 4.78 is 5.08. The van der Waals surface area contributed by atoms with E-state index in [0.29, 0.717) is 11.9 Å². The lowest BCUT2D eigenvalue weighted by atomic mass is 10.1. The molecular weight excluding hydrogens is 202 g/mol. The topological polar surface area (TPSA) is 47.0 Å². The van der Waals surface area contributed by atoms with Crippen LogP contribution >= 0.6 is 0 Å². The van der Waals surface area contributed by atoms with E-state index in [1.807, 2.05) is 6.20 Å². The third kappa shape index (κ3) is 2.92. The Balaban J connectivity index is 1.99. The molecule has 1 unspecified atom stereocenters. The molecule has 88 valence electrons. The predicted octanol–water partition coefficient (Wildman–Crippen LogP) is 1.42. The fraction of sp³-hybridized carbons (Fsp3) is 0.667. The summed E-state index contributed by atoms with van der Waals surface area (Å²) in [5, 5.41) is 3.52. The minimum Gasteiger partial charge on any atom is -0.480 e. The highest BCUT2D eigenvalue weighted by Gasteiger charge is 2.30. The molecular formula is C12H19N3O. The van der Waals surface area contributed by atoms with E-state index in [0.717, 1.165) is 24.6 Å². The normalized spacial score (nSPS) is 17.1. The second kappa shape index (κ2) is 5.25. The zero-order valence-corrected chi connectivity index (χ0v) is 9.94. The van der Waals surface area contributed by atoms with Gasteiger partial charge in [0.05, 0.1) is 19.0 Å². The molecule has 4 nitrogen and oxygen atoms in total. The van der Waals surface area contributed by atoms with Crippen LogP contribution in [0.2, 0.25) is 0 Å². The van der Waals surface area contributed by atoms with Crippen LogP contribution in [-0.2, 0) is 6.42 Å². The third-order valence-corrected chi connectivity index (χ3v) is 2.96. The number of ether oxygens (including phenoxy) is 1. The van der Waals surface area contributed by atoms with Gasteiger partial charge in [-0.15, -0.1) is 0 Å². The van der Waals surface area contributed by atoms with E-state index < -0.39 is 0 Å². The van der Waals surface area contributed by atoms with Gasteiger partial charge in [-0.2, -0.15) is 0 Å². The number of nitrogens with one attached hydrogen (secondary N) is 1. The molecule has 1 aromatic heterocycles. The monoisotopic (exact) mass is 221 g/mol. The Morgan fingerprint density at radius 1 is 1.50 bits per heavy atom. The molecule has 0 radical (unpaired) electrons. The van der Waals surface area contributed by atoms with Gasteiger partial charge >= 0.3 is 0 Å². The summed E-state index contributed by atoms with van der Waals surface area (Å²) in [4.78, 5) is 8.53. The van der Waals surface area contributed by atoms with Crippen LogP contribution in [0, 0.1) is 5.92 Å². The van der Waals surface area contributed by atoms with Gasteiger partial charge in [-0.05, 0) is 25.3 Å². The molecule has 0 saturated heterocycles. The van der Waals surface area contributed by atoms with Crippen molar-refractivity contribution in [3.8, 4) is 5.88 Å². The van der Waals surface area contributed by atoms with Gasteiger partial charge in [-0.25, -0.2) is 4.98 Å². The Kier molecular flexibility index (Phi) is 3.72. The van der Waals surface area contributed by atoms with Crippen LogP contribution in [0.1, 0.15) is 25.5 Å². The number of nitrogens with zero attached hydrogens (tertiary/aromatic N) is 2. The van der Waals surface area contributed by atoms with Gasteiger partial charge in [0.25, 0.3) is 0 Å². The van der Waals surface area contributed by atoms with Gasteiger partial charge in [0.1, 0.15) is 0 Å². The molecule has 1 heterocycles. The molecule has 0 amide bonds. The van der Waals surface area contributed by atoms with Crippen molar-refractivity contribution in [2.75, 3.05) is 13.7 Å². The van der Waals surface area contributed by atoms with Crippen LogP contribution < -0.4 is 10.1 Å². The summed E-state index contributed by atoms with van der Waals surface area (Å²) in [5.74, 6) is 1.43. The standard InChI is InChI=1S/C12H19N3O/c1-3-14-11(9-4-5-9)6-10-7-13-8-12(15-10)16-2/h7-9,11,14H,3-6H2,1-2H3. The highest BCUT2D eigenvalue weighted by molar-refractivity contribution is 5.10. The third-order valence-electron chi connectivity index (χ3n) is 2.96. The number of likely N-dealkylation sites (N-methyl/N-ethyl adjacent to an activating group) is 1. The van der Waals surface area contributed by atoms with Gasteiger partial charge in [0, 0.05) is 18.7 Å². The van der Waals surface area contributed by atoms with E-state index in [9.17, 15) is 0 Å². The summed E-state index contributed by atoms with van der Waals surface area (Å²) in [6.45, 7) is 3.16. The average Bonchev–Trinajstić information content (AvgIpc) is 3.13. The predicted molar refractivity (Wildman–Crippen MR) is 62.5 cm³/mol. The highest BCUT2D eigenvalue weighted by atomic mass is 16.5. The number of rotatable bonds is 6. The average molecular weight is 221 g/mol. The van der Waals surface area contributed by atoms with Crippen molar-refractivity contribution >= 4 is 0 Å². The number of hydrogen-bond acceptors (Lipinski definition) is 4. The van der Waals surface area contributed by atoms with Crippen molar-refractivity contribution in [2.45, 2.75) is 32.2 Å². The maximum absolute atomic E-state index is 5.08. The van der Waals surface area contributed by atoms with Gasteiger partial charge in [0.15, 0.2) is 0 Å². The molecule has 16 heavy (non-hydrogen) atoms. The highest BCUT2D eigenvalue weighted by Crippen LogP contribution is 2.33. The SMILES string of the molecule is CCNC(Cc1cncc(OC)n1)C1CC1. The van der Waals surface area contributed by atoms with Crippen molar-refractivity contribution in [1.29, 1.82) is 0 Å². The lowest BCUT2D eigenvalue weighted by Crippen LogP contribution is -2.33. The van der Waals surface area contributed by atoms with E-state index in [1.165, 1.54) is 12.8 Å². The lowest BCUT2D eigenvalue weighted by Gasteiger charge is -2.16. The molecule has 2 rings (SSSR count). The molecule has 1 fully saturated rings. The summed E-state index contributed by atoms with van der Waals surface area (Å²) >= 11 is 0. The first-order chi connectivity index (χ1) is 7.83. The largest absolute Gasteiger partial charge is 0.480 e. The van der Waals surface area contributed by atoms with Crippen molar-refractivity contribution < 1.29 is 4.74 Å². The van der Waals surface area contributed by atoms with Crippen molar-refractivity contribution in [3.63, 3.8) is 0 Å². The Bertz CT molecular complexity index is 339. The molecule has 1 saturated carbocycles. The molecule has 0 aliphatic heterocycles. The van der Waals surface area contributed by atoms with Gasteiger partial charge in [-0.3, -0.25) is 4.98 Å². The van der Waals surface area contributed by atoms with Crippen molar-refractivity contribution in [3.05, 3.63) is 18.1 Å². The Morgan fingerprint density at radius 2 is 2.31 bits per heavy atom. The second-order valence-corrected chi connectivity index (χ2v) is 4.26. The molecule has 1 N–H and O–H groups in total. The molecule has 4 heteroatoms. The molecule has 1 aliphatic rings. The minimum absolute atomic E-state index is 0.548. The Hall–Kier alpha value is -1.16. The quantitative estimate of drug-likeness (QED) is 0.789. The van der Waals surface area contributed by atoms with Crippen molar-refractivity contribution in [1.82, 2.24) is 15.3 Å². The van der Waals surface area contributed by atoms with Crippen LogP contribution in [0.5, 0.6) is 5.88 Å². The number of aromatic nitrogens is 2. The van der Waals surface area contributed by atoms with Gasteiger partial charge < -0.3 is 10.1 Å². The molecule has 0 aromatic carbocycles. The zero-order valence-electron chi connectivity index (χ0n) is 9.94. The van der Waals surface area contributed by atoms with Crippen LogP contribution in [-0.4, -0.2) is 29.7 Å². The maximum atomic E-state index is 5.08. The zero-order chi connectivity index (χ0) is 11.4. The van der Waals surface area contributed by atoms with Crippen LogP contribution in [0.3, 0.4) is 0 Å². The maximum Gasteiger partial charge on any atom is 0.232 e. The first-order valence-electron chi connectivity index (χ1n) is 5.91. The van der Waals surface area contributed by atoms with Crippen molar-refractivity contribution in [2.24, 2.45) is 5.92 Å². The van der Waals surface area contributed by atoms with Crippen LogP contribution in [0.25, 0.3) is 0 Å². The first-order valence-corrected chi connectivity index (χ1v) is 5.91. The van der Waals surface area contributed by atoms with Crippen LogP contribution in [0.15, 0.2) is 12.4 Å². The number of hydrogen-bond donors (Lipinski definition) is 1. The smallest absolute Gasteiger partial charge is 0.232 e. The van der Waals surface area contributed by atoms with E-state index in [-0.39, 0.29) is 0 Å². The van der Waals surface area contributed by atoms with E-state index in [1.54, 1.807) is 13.3 Å². The Morgan fingerprint density at radius 3 is 2.94 bits per heavy atom. The van der Waals surface area contributed by atoms with Crippen LogP contribution in [0.4, 0.5) is 0 Å². The molecule has 0 bridgehead atoms. The minimum atomic E-state index is 0.548. The number of methoxy groups -OCH3 is 1. The molecule has 1 aromatic rings. The summed E-state index contributed by atoms with van der Waals surface area (Å²) in [7, 11) is 1.62.